The number of amides is 1. The maximum atomic E-state index is 11.7. The molecular weight excluding hydrogens is 240 g/mol. The van der Waals surface area contributed by atoms with E-state index in [1.807, 2.05) is 0 Å². The van der Waals surface area contributed by atoms with Gasteiger partial charge in [0.2, 0.25) is 0 Å². The summed E-state index contributed by atoms with van der Waals surface area (Å²) >= 11 is 6.09. The van der Waals surface area contributed by atoms with E-state index in [-0.39, 0.29) is 16.8 Å². The summed E-state index contributed by atoms with van der Waals surface area (Å²) < 4.78 is 1.42. The minimum atomic E-state index is -0.242. The van der Waals surface area contributed by atoms with Gasteiger partial charge in [0.25, 0.3) is 11.5 Å². The summed E-state index contributed by atoms with van der Waals surface area (Å²) in [6.07, 6.45) is 3.88. The first-order valence-electron chi connectivity index (χ1n) is 5.67. The molecule has 0 aromatic carbocycles. The Morgan fingerprint density at radius 3 is 2.94 bits per heavy atom. The topological polar surface area (TPSA) is 51.1 Å². The second-order valence-electron chi connectivity index (χ2n) is 4.43. The lowest BCUT2D eigenvalue weighted by Crippen LogP contribution is -2.31. The fourth-order valence-corrected chi connectivity index (χ4v) is 1.94. The van der Waals surface area contributed by atoms with Gasteiger partial charge in [-0.05, 0) is 24.8 Å². The lowest BCUT2D eigenvalue weighted by molar-refractivity contribution is 0.0952. The molecular formula is C12H15ClN2O2. The molecule has 1 fully saturated rings. The number of nitrogens with one attached hydrogen (secondary N) is 1. The number of nitrogens with zero attached hydrogens (tertiary/aromatic N) is 1. The number of hydrogen-bond acceptors (Lipinski definition) is 2. The van der Waals surface area contributed by atoms with Crippen molar-refractivity contribution in [3.63, 3.8) is 0 Å². The van der Waals surface area contributed by atoms with E-state index >= 15 is 0 Å². The molecule has 1 aromatic rings. The molecule has 0 saturated heterocycles. The quantitative estimate of drug-likeness (QED) is 0.819. The van der Waals surface area contributed by atoms with Crippen molar-refractivity contribution in [2.45, 2.75) is 18.2 Å². The van der Waals surface area contributed by atoms with E-state index in [0.29, 0.717) is 18.0 Å². The van der Waals surface area contributed by atoms with Gasteiger partial charge in [-0.25, -0.2) is 0 Å². The highest BCUT2D eigenvalue weighted by Gasteiger charge is 2.29. The standard InChI is InChI=1S/C12H15ClN2O2/c1-15-5-4-9(6-11(15)16)12(17)14-7-10(13)8-2-3-8/h4-6,8,10H,2-3,7H2,1H3,(H,14,17). The van der Waals surface area contributed by atoms with Crippen molar-refractivity contribution in [1.29, 1.82) is 0 Å². The van der Waals surface area contributed by atoms with Crippen LogP contribution in [0.25, 0.3) is 0 Å². The second-order valence-corrected chi connectivity index (χ2v) is 4.99. The number of hydrogen-bond donors (Lipinski definition) is 1. The molecule has 1 heterocycles. The Hall–Kier alpha value is -1.29. The van der Waals surface area contributed by atoms with E-state index in [9.17, 15) is 9.59 Å². The third-order valence-corrected chi connectivity index (χ3v) is 3.47. The zero-order valence-electron chi connectivity index (χ0n) is 9.65. The largest absolute Gasteiger partial charge is 0.351 e. The van der Waals surface area contributed by atoms with Gasteiger partial charge in [-0.2, -0.15) is 0 Å². The first-order chi connectivity index (χ1) is 8.08. The third-order valence-electron chi connectivity index (χ3n) is 2.96. The zero-order valence-corrected chi connectivity index (χ0v) is 10.4. The van der Waals surface area contributed by atoms with Crippen LogP contribution in [0.1, 0.15) is 23.2 Å². The van der Waals surface area contributed by atoms with Crippen molar-refractivity contribution < 1.29 is 4.79 Å². The number of pyridine rings is 1. The smallest absolute Gasteiger partial charge is 0.251 e. The predicted molar refractivity (Wildman–Crippen MR) is 66.4 cm³/mol. The molecule has 4 nitrogen and oxygen atoms in total. The number of carbonyl (C=O) groups is 1. The Bertz CT molecular complexity index is 480. The highest BCUT2D eigenvalue weighted by molar-refractivity contribution is 6.21. The molecule has 1 aliphatic carbocycles. The molecule has 92 valence electrons. The lowest BCUT2D eigenvalue weighted by Gasteiger charge is -2.09. The summed E-state index contributed by atoms with van der Waals surface area (Å²) in [5, 5.41) is 2.75. The number of rotatable bonds is 4. The summed E-state index contributed by atoms with van der Waals surface area (Å²) in [7, 11) is 1.64. The first kappa shape index (κ1) is 12.2. The second kappa shape index (κ2) is 4.92. The molecule has 1 unspecified atom stereocenters. The van der Waals surface area contributed by atoms with Crippen molar-refractivity contribution in [3.05, 3.63) is 34.2 Å². The Labute approximate surface area is 105 Å². The maximum Gasteiger partial charge on any atom is 0.251 e. The molecule has 0 aliphatic heterocycles. The van der Waals surface area contributed by atoms with Crippen LogP contribution in [0.3, 0.4) is 0 Å². The summed E-state index contributed by atoms with van der Waals surface area (Å²) in [6, 6.07) is 2.95. The van der Waals surface area contributed by atoms with Crippen LogP contribution in [0.2, 0.25) is 0 Å². The maximum absolute atomic E-state index is 11.7. The zero-order chi connectivity index (χ0) is 12.4. The average molecular weight is 255 g/mol. The molecule has 1 aromatic heterocycles. The SMILES string of the molecule is Cn1ccc(C(=O)NCC(Cl)C2CC2)cc1=O. The number of halogens is 1. The highest BCUT2D eigenvalue weighted by atomic mass is 35.5. The molecule has 1 amide bonds. The minimum Gasteiger partial charge on any atom is -0.351 e. The summed E-state index contributed by atoms with van der Waals surface area (Å²) in [6.45, 7) is 0.459. The monoisotopic (exact) mass is 254 g/mol. The van der Waals surface area contributed by atoms with Crippen LogP contribution in [0, 0.1) is 5.92 Å². The molecule has 1 saturated carbocycles. The Morgan fingerprint density at radius 2 is 2.35 bits per heavy atom. The van der Waals surface area contributed by atoms with Crippen LogP contribution in [0.4, 0.5) is 0 Å². The van der Waals surface area contributed by atoms with Crippen molar-refractivity contribution >= 4 is 17.5 Å². The predicted octanol–water partition coefficient (Wildman–Crippen LogP) is 1.13. The first-order valence-corrected chi connectivity index (χ1v) is 6.10. The van der Waals surface area contributed by atoms with Gasteiger partial charge >= 0.3 is 0 Å². The van der Waals surface area contributed by atoms with Crippen molar-refractivity contribution in [1.82, 2.24) is 9.88 Å². The number of aryl methyl sites for hydroxylation is 1. The fraction of sp³-hybridized carbons (Fsp3) is 0.500. The Balaban J connectivity index is 1.94. The van der Waals surface area contributed by atoms with E-state index in [4.69, 9.17) is 11.6 Å². The summed E-state index contributed by atoms with van der Waals surface area (Å²) in [5.41, 5.74) is 0.190. The van der Waals surface area contributed by atoms with Gasteiger partial charge in [-0.15, -0.1) is 11.6 Å². The van der Waals surface area contributed by atoms with Crippen molar-refractivity contribution in [3.8, 4) is 0 Å². The van der Waals surface area contributed by atoms with Gasteiger partial charge in [-0.1, -0.05) is 0 Å². The van der Waals surface area contributed by atoms with Gasteiger partial charge < -0.3 is 9.88 Å². The molecule has 1 N–H and O–H groups in total. The molecule has 0 bridgehead atoms. The van der Waals surface area contributed by atoms with E-state index < -0.39 is 0 Å². The molecule has 0 radical (unpaired) electrons. The van der Waals surface area contributed by atoms with Gasteiger partial charge in [-0.3, -0.25) is 9.59 Å². The molecule has 1 atom stereocenters. The van der Waals surface area contributed by atoms with Gasteiger partial charge in [0, 0.05) is 31.4 Å². The summed E-state index contributed by atoms with van der Waals surface area (Å²) in [5.74, 6) is 0.301. The van der Waals surface area contributed by atoms with Gasteiger partial charge in [0.1, 0.15) is 0 Å². The van der Waals surface area contributed by atoms with Gasteiger partial charge in [0.15, 0.2) is 0 Å². The molecule has 5 heteroatoms. The van der Waals surface area contributed by atoms with Crippen molar-refractivity contribution in [2.24, 2.45) is 13.0 Å². The molecule has 0 spiro atoms. The van der Waals surface area contributed by atoms with Gasteiger partial charge in [0.05, 0.1) is 5.38 Å². The highest BCUT2D eigenvalue weighted by Crippen LogP contribution is 2.35. The van der Waals surface area contributed by atoms with E-state index in [1.54, 1.807) is 19.3 Å². The molecule has 1 aliphatic rings. The lowest BCUT2D eigenvalue weighted by atomic mass is 10.2. The minimum absolute atomic E-state index is 0.00509. The van der Waals surface area contributed by atoms with Crippen LogP contribution < -0.4 is 10.9 Å². The number of carbonyl (C=O) groups excluding carboxylic acids is 1. The number of aromatic nitrogens is 1. The molecule has 17 heavy (non-hydrogen) atoms. The van der Waals surface area contributed by atoms with Crippen molar-refractivity contribution in [2.75, 3.05) is 6.54 Å². The average Bonchev–Trinajstić information content (AvgIpc) is 3.13. The number of alkyl halides is 1. The van der Waals surface area contributed by atoms with E-state index in [0.717, 1.165) is 12.8 Å². The normalized spacial score (nSPS) is 16.6. The third kappa shape index (κ3) is 3.09. The fourth-order valence-electron chi connectivity index (χ4n) is 1.61. The van der Waals surface area contributed by atoms with Crippen LogP contribution in [-0.2, 0) is 7.05 Å². The Kier molecular flexibility index (Phi) is 3.52. The molecule has 2 rings (SSSR count). The van der Waals surface area contributed by atoms with E-state index in [1.165, 1.54) is 10.6 Å². The van der Waals surface area contributed by atoms with Crippen LogP contribution >= 0.6 is 11.6 Å². The van der Waals surface area contributed by atoms with E-state index in [2.05, 4.69) is 5.32 Å². The summed E-state index contributed by atoms with van der Waals surface area (Å²) in [4.78, 5) is 23.1. The van der Waals surface area contributed by atoms with Crippen LogP contribution in [0.5, 0.6) is 0 Å². The van der Waals surface area contributed by atoms with Crippen LogP contribution in [0.15, 0.2) is 23.1 Å². The Morgan fingerprint density at radius 1 is 1.65 bits per heavy atom. The van der Waals surface area contributed by atoms with Crippen LogP contribution in [-0.4, -0.2) is 22.4 Å².